The Bertz CT molecular complexity index is 372. The smallest absolute Gasteiger partial charge is 0.331 e. The molecule has 0 aliphatic carbocycles. The largest absolute Gasteiger partial charge is 0.479 e. The first-order chi connectivity index (χ1) is 7.04. The monoisotopic (exact) mass is 227 g/mol. The van der Waals surface area contributed by atoms with Crippen LogP contribution >= 0.6 is 11.3 Å². The van der Waals surface area contributed by atoms with Crippen molar-refractivity contribution in [2.45, 2.75) is 26.3 Å². The zero-order chi connectivity index (χ0) is 11.4. The SMILES string of the molecule is CCc1ccc(C(NC(C)=O)C(=O)O)s1. The Kier molecular flexibility index (Phi) is 3.85. The quantitative estimate of drug-likeness (QED) is 0.820. The first-order valence-electron chi connectivity index (χ1n) is 4.63. The second-order valence-electron chi connectivity index (χ2n) is 3.13. The molecule has 0 spiro atoms. The topological polar surface area (TPSA) is 66.4 Å². The number of carbonyl (C=O) groups is 2. The minimum atomic E-state index is -1.03. The first kappa shape index (κ1) is 11.7. The summed E-state index contributed by atoms with van der Waals surface area (Å²) < 4.78 is 0. The summed E-state index contributed by atoms with van der Waals surface area (Å²) in [6.45, 7) is 3.31. The first-order valence-corrected chi connectivity index (χ1v) is 5.44. The van der Waals surface area contributed by atoms with E-state index in [1.807, 2.05) is 13.0 Å². The zero-order valence-corrected chi connectivity index (χ0v) is 9.43. The van der Waals surface area contributed by atoms with Crippen LogP contribution in [-0.2, 0) is 16.0 Å². The lowest BCUT2D eigenvalue weighted by Gasteiger charge is -2.10. The average molecular weight is 227 g/mol. The number of rotatable bonds is 4. The average Bonchev–Trinajstić information content (AvgIpc) is 2.61. The molecule has 1 heterocycles. The Labute approximate surface area is 91.9 Å². The van der Waals surface area contributed by atoms with Crippen LogP contribution in [0.25, 0.3) is 0 Å². The maximum atomic E-state index is 10.9. The molecule has 0 saturated heterocycles. The maximum absolute atomic E-state index is 10.9. The van der Waals surface area contributed by atoms with Gasteiger partial charge in [0.1, 0.15) is 0 Å². The van der Waals surface area contributed by atoms with Gasteiger partial charge in [-0.05, 0) is 18.6 Å². The molecule has 5 heteroatoms. The summed E-state index contributed by atoms with van der Waals surface area (Å²) >= 11 is 1.42. The van der Waals surface area contributed by atoms with E-state index < -0.39 is 12.0 Å². The maximum Gasteiger partial charge on any atom is 0.331 e. The molecule has 1 atom stereocenters. The predicted octanol–water partition coefficient (Wildman–Crippen LogP) is 1.57. The van der Waals surface area contributed by atoms with Gasteiger partial charge in [0.15, 0.2) is 6.04 Å². The molecule has 0 bridgehead atoms. The Morgan fingerprint density at radius 3 is 2.60 bits per heavy atom. The zero-order valence-electron chi connectivity index (χ0n) is 8.61. The van der Waals surface area contributed by atoms with Crippen molar-refractivity contribution in [1.29, 1.82) is 0 Å². The number of carboxylic acid groups (broad SMARTS) is 1. The van der Waals surface area contributed by atoms with Crippen molar-refractivity contribution in [3.63, 3.8) is 0 Å². The highest BCUT2D eigenvalue weighted by Crippen LogP contribution is 2.23. The molecule has 0 aromatic carbocycles. The van der Waals surface area contributed by atoms with Crippen LogP contribution in [0.5, 0.6) is 0 Å². The molecule has 0 fully saturated rings. The lowest BCUT2D eigenvalue weighted by atomic mass is 10.2. The number of aliphatic carboxylic acids is 1. The Hall–Kier alpha value is -1.36. The van der Waals surface area contributed by atoms with Crippen LogP contribution in [-0.4, -0.2) is 17.0 Å². The molecule has 1 unspecified atom stereocenters. The lowest BCUT2D eigenvalue weighted by Crippen LogP contribution is -2.31. The van der Waals surface area contributed by atoms with Crippen LogP contribution < -0.4 is 5.32 Å². The minimum Gasteiger partial charge on any atom is -0.479 e. The summed E-state index contributed by atoms with van der Waals surface area (Å²) in [7, 11) is 0. The molecule has 4 nitrogen and oxygen atoms in total. The van der Waals surface area contributed by atoms with Gasteiger partial charge in [-0.15, -0.1) is 11.3 Å². The van der Waals surface area contributed by atoms with Crippen LogP contribution in [0, 0.1) is 0 Å². The van der Waals surface area contributed by atoms with E-state index in [0.29, 0.717) is 4.88 Å². The molecule has 1 amide bonds. The Morgan fingerprint density at radius 2 is 2.20 bits per heavy atom. The van der Waals surface area contributed by atoms with Gasteiger partial charge in [0.2, 0.25) is 5.91 Å². The van der Waals surface area contributed by atoms with E-state index in [2.05, 4.69) is 5.32 Å². The van der Waals surface area contributed by atoms with Gasteiger partial charge in [0, 0.05) is 16.7 Å². The summed E-state index contributed by atoms with van der Waals surface area (Å²) in [6.07, 6.45) is 0.872. The van der Waals surface area contributed by atoms with E-state index >= 15 is 0 Å². The molecule has 0 radical (unpaired) electrons. The van der Waals surface area contributed by atoms with Crippen LogP contribution in [0.15, 0.2) is 12.1 Å². The van der Waals surface area contributed by atoms with Gasteiger partial charge in [-0.1, -0.05) is 6.92 Å². The number of nitrogens with one attached hydrogen (secondary N) is 1. The van der Waals surface area contributed by atoms with Gasteiger partial charge < -0.3 is 10.4 Å². The van der Waals surface area contributed by atoms with Crippen molar-refractivity contribution in [3.05, 3.63) is 21.9 Å². The van der Waals surface area contributed by atoms with Crippen molar-refractivity contribution in [2.75, 3.05) is 0 Å². The third-order valence-corrected chi connectivity index (χ3v) is 3.20. The molecule has 0 saturated carbocycles. The third-order valence-electron chi connectivity index (χ3n) is 1.91. The summed E-state index contributed by atoms with van der Waals surface area (Å²) in [5.41, 5.74) is 0. The minimum absolute atomic E-state index is 0.339. The Morgan fingerprint density at radius 1 is 1.53 bits per heavy atom. The van der Waals surface area contributed by atoms with Crippen LogP contribution in [0.2, 0.25) is 0 Å². The normalized spacial score (nSPS) is 12.1. The predicted molar refractivity (Wildman–Crippen MR) is 57.9 cm³/mol. The van der Waals surface area contributed by atoms with Gasteiger partial charge >= 0.3 is 5.97 Å². The summed E-state index contributed by atoms with van der Waals surface area (Å²) in [4.78, 5) is 23.5. The summed E-state index contributed by atoms with van der Waals surface area (Å²) in [6, 6.07) is 2.71. The number of thiophene rings is 1. The second-order valence-corrected chi connectivity index (χ2v) is 4.33. The molecule has 0 aliphatic heterocycles. The van der Waals surface area contributed by atoms with E-state index in [4.69, 9.17) is 5.11 Å². The van der Waals surface area contributed by atoms with Gasteiger partial charge in [-0.2, -0.15) is 0 Å². The van der Waals surface area contributed by atoms with E-state index in [9.17, 15) is 9.59 Å². The number of amides is 1. The highest BCUT2D eigenvalue weighted by Gasteiger charge is 2.22. The lowest BCUT2D eigenvalue weighted by molar-refractivity contribution is -0.141. The number of carboxylic acids is 1. The molecule has 2 N–H and O–H groups in total. The van der Waals surface area contributed by atoms with Gasteiger partial charge in [-0.25, -0.2) is 4.79 Å². The highest BCUT2D eigenvalue weighted by molar-refractivity contribution is 7.12. The Balaban J connectivity index is 2.88. The molecular formula is C10H13NO3S. The van der Waals surface area contributed by atoms with E-state index in [0.717, 1.165) is 11.3 Å². The van der Waals surface area contributed by atoms with Crippen LogP contribution in [0.1, 0.15) is 29.6 Å². The van der Waals surface area contributed by atoms with E-state index in [1.54, 1.807) is 6.07 Å². The molecule has 82 valence electrons. The molecule has 1 aromatic rings. The van der Waals surface area contributed by atoms with Crippen molar-refractivity contribution >= 4 is 23.2 Å². The summed E-state index contributed by atoms with van der Waals surface area (Å²) in [5, 5.41) is 11.4. The number of hydrogen-bond donors (Lipinski definition) is 2. The van der Waals surface area contributed by atoms with Gasteiger partial charge in [0.05, 0.1) is 0 Å². The van der Waals surface area contributed by atoms with Crippen molar-refractivity contribution in [3.8, 4) is 0 Å². The molecule has 15 heavy (non-hydrogen) atoms. The highest BCUT2D eigenvalue weighted by atomic mass is 32.1. The van der Waals surface area contributed by atoms with Crippen LogP contribution in [0.3, 0.4) is 0 Å². The third kappa shape index (κ3) is 3.06. The number of aryl methyl sites for hydroxylation is 1. The molecule has 1 aromatic heterocycles. The van der Waals surface area contributed by atoms with Crippen LogP contribution in [0.4, 0.5) is 0 Å². The molecule has 0 aliphatic rings. The van der Waals surface area contributed by atoms with E-state index in [-0.39, 0.29) is 5.91 Å². The van der Waals surface area contributed by atoms with E-state index in [1.165, 1.54) is 18.3 Å². The molecule has 1 rings (SSSR count). The van der Waals surface area contributed by atoms with Crippen molar-refractivity contribution < 1.29 is 14.7 Å². The van der Waals surface area contributed by atoms with Crippen molar-refractivity contribution in [1.82, 2.24) is 5.32 Å². The second kappa shape index (κ2) is 4.93. The van der Waals surface area contributed by atoms with Gasteiger partial charge in [-0.3, -0.25) is 4.79 Å². The summed E-state index contributed by atoms with van der Waals surface area (Å²) in [5.74, 6) is -1.37. The fourth-order valence-corrected chi connectivity index (χ4v) is 2.19. The fourth-order valence-electron chi connectivity index (χ4n) is 1.20. The molecular weight excluding hydrogens is 214 g/mol. The van der Waals surface area contributed by atoms with Crippen molar-refractivity contribution in [2.24, 2.45) is 0 Å². The van der Waals surface area contributed by atoms with Gasteiger partial charge in [0.25, 0.3) is 0 Å². The standard InChI is InChI=1S/C10H13NO3S/c1-3-7-4-5-8(15-7)9(10(13)14)11-6(2)12/h4-5,9H,3H2,1-2H3,(H,11,12)(H,13,14). The fraction of sp³-hybridized carbons (Fsp3) is 0.400. The number of carbonyl (C=O) groups excluding carboxylic acids is 1. The number of hydrogen-bond acceptors (Lipinski definition) is 3.